The third-order valence-corrected chi connectivity index (χ3v) is 3.49. The summed E-state index contributed by atoms with van der Waals surface area (Å²) in [5, 5.41) is 3.61. The Morgan fingerprint density at radius 2 is 2.35 bits per heavy atom. The van der Waals surface area contributed by atoms with Gasteiger partial charge in [0, 0.05) is 24.4 Å². The third-order valence-electron chi connectivity index (χ3n) is 3.19. The number of carbonyl (C=O) groups is 1. The number of amides is 1. The van der Waals surface area contributed by atoms with Crippen molar-refractivity contribution < 1.29 is 9.53 Å². The molecule has 0 aromatic heterocycles. The summed E-state index contributed by atoms with van der Waals surface area (Å²) in [5.41, 5.74) is 6.60. The van der Waals surface area contributed by atoms with Gasteiger partial charge in [0.05, 0.1) is 17.7 Å². The Morgan fingerprint density at radius 1 is 1.60 bits per heavy atom. The first-order valence-corrected chi connectivity index (χ1v) is 6.92. The van der Waals surface area contributed by atoms with Crippen molar-refractivity contribution in [1.29, 1.82) is 0 Å². The molecule has 0 fully saturated rings. The standard InChI is InChI=1S/C14H19ClN2O2.ClH/c1-9(16)5-6-13(18)17-12-7-8-19-14-10(12)3-2-4-11(14)15;/h2-4,9,12H,5-8,16H2,1H3,(H,17,18);1H. The lowest BCUT2D eigenvalue weighted by Gasteiger charge is -2.27. The highest BCUT2D eigenvalue weighted by atomic mass is 35.5. The molecule has 2 atom stereocenters. The number of nitrogens with two attached hydrogens (primary N) is 1. The predicted octanol–water partition coefficient (Wildman–Crippen LogP) is 2.83. The molecule has 2 unspecified atom stereocenters. The number of benzene rings is 1. The van der Waals surface area contributed by atoms with Crippen molar-refractivity contribution in [2.45, 2.75) is 38.3 Å². The molecule has 2 rings (SSSR count). The molecule has 1 aromatic carbocycles. The highest BCUT2D eigenvalue weighted by molar-refractivity contribution is 6.32. The molecule has 0 radical (unpaired) electrons. The number of hydrogen-bond donors (Lipinski definition) is 2. The molecule has 20 heavy (non-hydrogen) atoms. The summed E-state index contributed by atoms with van der Waals surface area (Å²) < 4.78 is 5.56. The summed E-state index contributed by atoms with van der Waals surface area (Å²) >= 11 is 6.09. The number of hydrogen-bond acceptors (Lipinski definition) is 3. The zero-order valence-electron chi connectivity index (χ0n) is 11.4. The minimum atomic E-state index is -0.0250. The van der Waals surface area contributed by atoms with Crippen LogP contribution in [0, 0.1) is 0 Å². The van der Waals surface area contributed by atoms with Gasteiger partial charge in [-0.2, -0.15) is 0 Å². The molecular formula is C14H20Cl2N2O2. The number of halogens is 2. The Kier molecular flexibility index (Phi) is 6.59. The minimum Gasteiger partial charge on any atom is -0.492 e. The molecule has 1 aliphatic heterocycles. The molecular weight excluding hydrogens is 299 g/mol. The van der Waals surface area contributed by atoms with Gasteiger partial charge in [-0.1, -0.05) is 23.7 Å². The van der Waals surface area contributed by atoms with Crippen molar-refractivity contribution in [3.05, 3.63) is 28.8 Å². The van der Waals surface area contributed by atoms with Gasteiger partial charge >= 0.3 is 0 Å². The summed E-state index contributed by atoms with van der Waals surface area (Å²) in [7, 11) is 0. The van der Waals surface area contributed by atoms with Crippen molar-refractivity contribution in [3.63, 3.8) is 0 Å². The summed E-state index contributed by atoms with van der Waals surface area (Å²) in [5.74, 6) is 0.711. The van der Waals surface area contributed by atoms with E-state index in [-0.39, 0.29) is 30.4 Å². The molecule has 0 spiro atoms. The van der Waals surface area contributed by atoms with Gasteiger partial charge in [0.25, 0.3) is 0 Å². The molecule has 4 nitrogen and oxygen atoms in total. The van der Waals surface area contributed by atoms with Crippen LogP contribution >= 0.6 is 24.0 Å². The third kappa shape index (κ3) is 4.27. The first kappa shape index (κ1) is 17.1. The van der Waals surface area contributed by atoms with Crippen molar-refractivity contribution in [3.8, 4) is 5.75 Å². The Morgan fingerprint density at radius 3 is 3.05 bits per heavy atom. The first-order valence-electron chi connectivity index (χ1n) is 6.54. The van der Waals surface area contributed by atoms with Crippen LogP contribution in [0.4, 0.5) is 0 Å². The van der Waals surface area contributed by atoms with Gasteiger partial charge in [-0.3, -0.25) is 4.79 Å². The highest BCUT2D eigenvalue weighted by Gasteiger charge is 2.24. The van der Waals surface area contributed by atoms with Gasteiger partial charge in [0.15, 0.2) is 0 Å². The van der Waals surface area contributed by atoms with E-state index in [1.54, 1.807) is 6.07 Å². The number of nitrogens with one attached hydrogen (secondary N) is 1. The molecule has 1 aromatic rings. The van der Waals surface area contributed by atoms with E-state index in [0.717, 1.165) is 12.0 Å². The van der Waals surface area contributed by atoms with E-state index in [4.69, 9.17) is 22.1 Å². The number of rotatable bonds is 4. The predicted molar refractivity (Wildman–Crippen MR) is 82.6 cm³/mol. The molecule has 1 amide bonds. The Hall–Kier alpha value is -0.970. The molecule has 0 saturated heterocycles. The van der Waals surface area contributed by atoms with E-state index in [2.05, 4.69) is 5.32 Å². The van der Waals surface area contributed by atoms with Crippen LogP contribution in [0.15, 0.2) is 18.2 Å². The summed E-state index contributed by atoms with van der Waals surface area (Å²) in [6.45, 7) is 2.46. The molecule has 3 N–H and O–H groups in total. The molecule has 0 bridgehead atoms. The monoisotopic (exact) mass is 318 g/mol. The fourth-order valence-electron chi connectivity index (χ4n) is 2.16. The lowest BCUT2D eigenvalue weighted by molar-refractivity contribution is -0.122. The topological polar surface area (TPSA) is 64.4 Å². The van der Waals surface area contributed by atoms with Gasteiger partial charge in [-0.25, -0.2) is 0 Å². The van der Waals surface area contributed by atoms with E-state index in [1.807, 2.05) is 19.1 Å². The second kappa shape index (κ2) is 7.72. The fourth-order valence-corrected chi connectivity index (χ4v) is 2.40. The maximum Gasteiger partial charge on any atom is 0.220 e. The summed E-state index contributed by atoms with van der Waals surface area (Å²) in [6.07, 6.45) is 1.90. The van der Waals surface area contributed by atoms with Crippen LogP contribution in [0.5, 0.6) is 5.75 Å². The fraction of sp³-hybridized carbons (Fsp3) is 0.500. The van der Waals surface area contributed by atoms with Crippen LogP contribution in [0.3, 0.4) is 0 Å². The van der Waals surface area contributed by atoms with Crippen molar-refractivity contribution in [2.24, 2.45) is 5.73 Å². The van der Waals surface area contributed by atoms with Gasteiger partial charge in [0.1, 0.15) is 5.75 Å². The number of fused-ring (bicyclic) bond motifs is 1. The SMILES string of the molecule is CC(N)CCC(=O)NC1CCOc2c(Cl)cccc21.Cl. The van der Waals surface area contributed by atoms with Crippen LogP contribution in [-0.2, 0) is 4.79 Å². The Bertz CT molecular complexity index is 466. The van der Waals surface area contributed by atoms with Gasteiger partial charge in [-0.05, 0) is 19.4 Å². The highest BCUT2D eigenvalue weighted by Crippen LogP contribution is 2.37. The number of para-hydroxylation sites is 1. The van der Waals surface area contributed by atoms with Crippen LogP contribution < -0.4 is 15.8 Å². The normalized spacial score (nSPS) is 18.2. The Balaban J connectivity index is 0.00000200. The van der Waals surface area contributed by atoms with Crippen molar-refractivity contribution in [2.75, 3.05) is 6.61 Å². The van der Waals surface area contributed by atoms with Crippen LogP contribution in [0.2, 0.25) is 5.02 Å². The maximum absolute atomic E-state index is 11.9. The number of ether oxygens (including phenoxy) is 1. The van der Waals surface area contributed by atoms with E-state index in [9.17, 15) is 4.79 Å². The number of carbonyl (C=O) groups excluding carboxylic acids is 1. The minimum absolute atomic E-state index is 0. The van der Waals surface area contributed by atoms with Gasteiger partial charge < -0.3 is 15.8 Å². The van der Waals surface area contributed by atoms with Crippen LogP contribution in [0.25, 0.3) is 0 Å². The largest absolute Gasteiger partial charge is 0.492 e. The maximum atomic E-state index is 11.9. The van der Waals surface area contributed by atoms with Crippen molar-refractivity contribution in [1.82, 2.24) is 5.32 Å². The molecule has 1 aliphatic rings. The van der Waals surface area contributed by atoms with E-state index in [0.29, 0.717) is 30.2 Å². The average Bonchev–Trinajstić information content (AvgIpc) is 2.38. The molecule has 0 aliphatic carbocycles. The first-order chi connectivity index (χ1) is 9.08. The quantitative estimate of drug-likeness (QED) is 0.897. The summed E-state index contributed by atoms with van der Waals surface area (Å²) in [4.78, 5) is 11.9. The van der Waals surface area contributed by atoms with Gasteiger partial charge in [-0.15, -0.1) is 12.4 Å². The molecule has 6 heteroatoms. The zero-order valence-corrected chi connectivity index (χ0v) is 13.0. The smallest absolute Gasteiger partial charge is 0.220 e. The zero-order chi connectivity index (χ0) is 13.8. The lowest BCUT2D eigenvalue weighted by atomic mass is 10.00. The average molecular weight is 319 g/mol. The van der Waals surface area contributed by atoms with Crippen LogP contribution in [0.1, 0.15) is 37.8 Å². The van der Waals surface area contributed by atoms with Gasteiger partial charge in [0.2, 0.25) is 5.91 Å². The van der Waals surface area contributed by atoms with E-state index >= 15 is 0 Å². The molecule has 112 valence electrons. The molecule has 1 heterocycles. The van der Waals surface area contributed by atoms with E-state index < -0.39 is 0 Å². The van der Waals surface area contributed by atoms with Crippen molar-refractivity contribution >= 4 is 29.9 Å². The van der Waals surface area contributed by atoms with E-state index in [1.165, 1.54) is 0 Å². The summed E-state index contributed by atoms with van der Waals surface area (Å²) in [6, 6.07) is 5.62. The second-order valence-corrected chi connectivity index (χ2v) is 5.34. The van der Waals surface area contributed by atoms with Crippen LogP contribution in [-0.4, -0.2) is 18.6 Å². The Labute approximate surface area is 130 Å². The second-order valence-electron chi connectivity index (χ2n) is 4.93. The molecule has 0 saturated carbocycles. The lowest BCUT2D eigenvalue weighted by Crippen LogP contribution is -2.33.